The fourth-order valence-electron chi connectivity index (χ4n) is 3.26. The van der Waals surface area contributed by atoms with Crippen LogP contribution in [0.2, 0.25) is 0 Å². The smallest absolute Gasteiger partial charge is 0.274 e. The number of aliphatic hydroxyl groups is 1. The van der Waals surface area contributed by atoms with Gasteiger partial charge in [0.05, 0.1) is 5.60 Å². The van der Waals surface area contributed by atoms with Crippen molar-refractivity contribution in [3.8, 4) is 0 Å². The normalized spacial score (nSPS) is 21.4. The SMILES string of the molecule is Cc1c(S(=O)(=O)NCC(C)(O)C2CCCNC2)oc2ccc(F)cc12. The molecule has 1 aromatic heterocycles. The summed E-state index contributed by atoms with van der Waals surface area (Å²) < 4.78 is 46.5. The Morgan fingerprint density at radius 3 is 2.92 bits per heavy atom. The number of halogens is 1. The molecule has 6 nitrogen and oxygen atoms in total. The number of hydrogen-bond donors (Lipinski definition) is 3. The van der Waals surface area contributed by atoms with E-state index in [2.05, 4.69) is 10.0 Å². The minimum atomic E-state index is -3.96. The van der Waals surface area contributed by atoms with Crippen LogP contribution in [0.3, 0.4) is 0 Å². The molecule has 2 unspecified atom stereocenters. The molecule has 25 heavy (non-hydrogen) atoms. The fourth-order valence-corrected chi connectivity index (χ4v) is 4.59. The van der Waals surface area contributed by atoms with Crippen LogP contribution in [-0.2, 0) is 10.0 Å². The highest BCUT2D eigenvalue weighted by Crippen LogP contribution is 2.30. The van der Waals surface area contributed by atoms with Crippen molar-refractivity contribution in [2.24, 2.45) is 5.92 Å². The predicted octanol–water partition coefficient (Wildman–Crippen LogP) is 1.91. The molecule has 2 heterocycles. The van der Waals surface area contributed by atoms with E-state index in [1.807, 2.05) is 0 Å². The summed E-state index contributed by atoms with van der Waals surface area (Å²) in [6, 6.07) is 3.87. The first-order valence-corrected chi connectivity index (χ1v) is 9.80. The van der Waals surface area contributed by atoms with E-state index in [1.165, 1.54) is 18.2 Å². The zero-order valence-electron chi connectivity index (χ0n) is 14.3. The molecule has 1 aliphatic rings. The molecule has 138 valence electrons. The van der Waals surface area contributed by atoms with Gasteiger partial charge in [-0.3, -0.25) is 0 Å². The van der Waals surface area contributed by atoms with Crippen molar-refractivity contribution in [3.05, 3.63) is 29.6 Å². The number of piperidine rings is 1. The zero-order chi connectivity index (χ0) is 18.2. The number of rotatable bonds is 5. The summed E-state index contributed by atoms with van der Waals surface area (Å²) in [5.74, 6) is -0.490. The predicted molar refractivity (Wildman–Crippen MR) is 92.3 cm³/mol. The van der Waals surface area contributed by atoms with Crippen molar-refractivity contribution >= 4 is 21.0 Å². The van der Waals surface area contributed by atoms with Gasteiger partial charge < -0.3 is 14.8 Å². The topological polar surface area (TPSA) is 91.6 Å². The summed E-state index contributed by atoms with van der Waals surface area (Å²) in [4.78, 5) is 0. The quantitative estimate of drug-likeness (QED) is 0.748. The lowest BCUT2D eigenvalue weighted by Gasteiger charge is -2.35. The second-order valence-corrected chi connectivity index (χ2v) is 8.55. The third kappa shape index (κ3) is 3.72. The number of sulfonamides is 1. The van der Waals surface area contributed by atoms with Crippen LogP contribution in [-0.4, -0.2) is 38.8 Å². The molecule has 0 saturated carbocycles. The van der Waals surface area contributed by atoms with Crippen LogP contribution in [0.4, 0.5) is 4.39 Å². The maximum absolute atomic E-state index is 13.4. The molecule has 0 bridgehead atoms. The van der Waals surface area contributed by atoms with Gasteiger partial charge >= 0.3 is 0 Å². The third-order valence-electron chi connectivity index (χ3n) is 4.89. The van der Waals surface area contributed by atoms with Crippen LogP contribution in [0.1, 0.15) is 25.3 Å². The van der Waals surface area contributed by atoms with Gasteiger partial charge in [0.2, 0.25) is 5.09 Å². The molecule has 0 spiro atoms. The number of benzene rings is 1. The first kappa shape index (κ1) is 18.3. The van der Waals surface area contributed by atoms with Crippen LogP contribution in [0, 0.1) is 18.7 Å². The standard InChI is InChI=1S/C17H23FN2O4S/c1-11-14-8-13(18)5-6-15(14)24-16(11)25(22,23)20-10-17(2,21)12-4-3-7-19-9-12/h5-6,8,12,19-21H,3-4,7,9-10H2,1-2H3. The highest BCUT2D eigenvalue weighted by Gasteiger charge is 2.35. The van der Waals surface area contributed by atoms with Gasteiger partial charge in [0.25, 0.3) is 10.0 Å². The minimum absolute atomic E-state index is 0.0326. The monoisotopic (exact) mass is 370 g/mol. The molecule has 1 saturated heterocycles. The van der Waals surface area contributed by atoms with Gasteiger partial charge in [-0.1, -0.05) is 0 Å². The highest BCUT2D eigenvalue weighted by molar-refractivity contribution is 7.89. The molecule has 2 aromatic rings. The van der Waals surface area contributed by atoms with Gasteiger partial charge in [-0.25, -0.2) is 17.5 Å². The Hall–Kier alpha value is -1.48. The summed E-state index contributed by atoms with van der Waals surface area (Å²) in [6.45, 7) is 4.65. The van der Waals surface area contributed by atoms with E-state index in [0.717, 1.165) is 19.4 Å². The van der Waals surface area contributed by atoms with Gasteiger partial charge in [0.1, 0.15) is 11.4 Å². The van der Waals surface area contributed by atoms with Crippen molar-refractivity contribution in [1.82, 2.24) is 10.0 Å². The number of fused-ring (bicyclic) bond motifs is 1. The summed E-state index contributed by atoms with van der Waals surface area (Å²) in [6.07, 6.45) is 1.78. The van der Waals surface area contributed by atoms with Crippen LogP contribution < -0.4 is 10.0 Å². The lowest BCUT2D eigenvalue weighted by molar-refractivity contribution is -0.00539. The van der Waals surface area contributed by atoms with E-state index in [-0.39, 0.29) is 17.6 Å². The number of aryl methyl sites for hydroxylation is 1. The van der Waals surface area contributed by atoms with Crippen LogP contribution in [0.25, 0.3) is 11.0 Å². The first-order chi connectivity index (χ1) is 11.7. The van der Waals surface area contributed by atoms with E-state index >= 15 is 0 Å². The molecule has 0 radical (unpaired) electrons. The summed E-state index contributed by atoms with van der Waals surface area (Å²) in [7, 11) is -3.96. The number of nitrogens with one attached hydrogen (secondary N) is 2. The van der Waals surface area contributed by atoms with Gasteiger partial charge in [-0.2, -0.15) is 0 Å². The molecule has 3 rings (SSSR count). The van der Waals surface area contributed by atoms with Crippen LogP contribution in [0.15, 0.2) is 27.7 Å². The van der Waals surface area contributed by atoms with E-state index in [9.17, 15) is 17.9 Å². The van der Waals surface area contributed by atoms with Crippen molar-refractivity contribution in [3.63, 3.8) is 0 Å². The lowest BCUT2D eigenvalue weighted by atomic mass is 9.84. The van der Waals surface area contributed by atoms with Gasteiger partial charge in [0.15, 0.2) is 0 Å². The molecule has 1 fully saturated rings. The third-order valence-corrected chi connectivity index (χ3v) is 6.30. The van der Waals surface area contributed by atoms with Crippen molar-refractivity contribution in [2.45, 2.75) is 37.4 Å². The molecule has 0 amide bonds. The maximum atomic E-state index is 13.4. The van der Waals surface area contributed by atoms with Crippen molar-refractivity contribution in [1.29, 1.82) is 0 Å². The second-order valence-electron chi connectivity index (χ2n) is 6.88. The molecule has 0 aliphatic carbocycles. The van der Waals surface area contributed by atoms with Gasteiger partial charge in [-0.15, -0.1) is 0 Å². The molecular formula is C17H23FN2O4S. The van der Waals surface area contributed by atoms with E-state index < -0.39 is 21.4 Å². The Kier molecular flexibility index (Phi) is 4.89. The van der Waals surface area contributed by atoms with E-state index in [4.69, 9.17) is 4.42 Å². The molecule has 1 aromatic carbocycles. The molecule has 2 atom stereocenters. The minimum Gasteiger partial charge on any atom is -0.443 e. The summed E-state index contributed by atoms with van der Waals surface area (Å²) in [5, 5.41) is 14.0. The highest BCUT2D eigenvalue weighted by atomic mass is 32.2. The van der Waals surface area contributed by atoms with E-state index in [1.54, 1.807) is 13.8 Å². The average Bonchev–Trinajstić information content (AvgIpc) is 2.91. The Labute approximate surface area is 146 Å². The van der Waals surface area contributed by atoms with Gasteiger partial charge in [0, 0.05) is 30.0 Å². The van der Waals surface area contributed by atoms with Crippen molar-refractivity contribution < 1.29 is 22.3 Å². The van der Waals surface area contributed by atoms with Crippen LogP contribution in [0.5, 0.6) is 0 Å². The largest absolute Gasteiger partial charge is 0.443 e. The Bertz CT molecular complexity index is 870. The second kappa shape index (κ2) is 6.68. The molecule has 8 heteroatoms. The molecule has 1 aliphatic heterocycles. The lowest BCUT2D eigenvalue weighted by Crippen LogP contribution is -2.50. The Morgan fingerprint density at radius 2 is 2.24 bits per heavy atom. The fraction of sp³-hybridized carbons (Fsp3) is 0.529. The zero-order valence-corrected chi connectivity index (χ0v) is 15.1. The number of hydrogen-bond acceptors (Lipinski definition) is 5. The van der Waals surface area contributed by atoms with Crippen molar-refractivity contribution in [2.75, 3.05) is 19.6 Å². The summed E-state index contributed by atoms with van der Waals surface area (Å²) in [5.41, 5.74) is -0.518. The Morgan fingerprint density at radius 1 is 1.48 bits per heavy atom. The average molecular weight is 370 g/mol. The summed E-state index contributed by atoms with van der Waals surface area (Å²) >= 11 is 0. The van der Waals surface area contributed by atoms with E-state index in [0.29, 0.717) is 23.1 Å². The maximum Gasteiger partial charge on any atom is 0.274 e. The molecular weight excluding hydrogens is 347 g/mol. The number of furan rings is 1. The van der Waals surface area contributed by atoms with Gasteiger partial charge in [-0.05, 0) is 51.4 Å². The van der Waals surface area contributed by atoms with Crippen LogP contribution >= 0.6 is 0 Å². The Balaban J connectivity index is 1.81. The first-order valence-electron chi connectivity index (χ1n) is 8.32. The molecule has 3 N–H and O–H groups in total.